The van der Waals surface area contributed by atoms with Gasteiger partial charge in [0.15, 0.2) is 0 Å². The lowest BCUT2D eigenvalue weighted by Gasteiger charge is -2.29. The Bertz CT molecular complexity index is 2070. The largest absolute Gasteiger partial charge is 0.473 e. The molecule has 1 fully saturated rings. The molecule has 2 aliphatic heterocycles. The molecule has 3 aromatic carbocycles. The summed E-state index contributed by atoms with van der Waals surface area (Å²) in [4.78, 5) is 33.9. The molecule has 7 rings (SSSR count). The number of imidazole rings is 1. The molecular weight excluding hydrogens is 644 g/mol. The SMILES string of the molecule is CC(C)(C)OC(=O)N1CC=C(c2ccc3c(c2)n(C2CCOCC2)c(=O)n3-c2ccc(OCc3ccccc3)nc2OCc2ccccc2)CC1. The number of hydrogen-bond donors (Lipinski definition) is 0. The number of carbonyl (C=O) groups excluding carboxylic acids is 1. The fraction of sp³-hybridized carbons (Fsp3) is 0.341. The Kier molecular flexibility index (Phi) is 9.94. The Morgan fingerprint density at radius 1 is 0.863 bits per heavy atom. The van der Waals surface area contributed by atoms with Crippen LogP contribution < -0.4 is 15.2 Å². The summed E-state index contributed by atoms with van der Waals surface area (Å²) >= 11 is 0. The average molecular weight is 689 g/mol. The van der Waals surface area contributed by atoms with Crippen LogP contribution in [0.3, 0.4) is 0 Å². The van der Waals surface area contributed by atoms with Gasteiger partial charge in [0.25, 0.3) is 0 Å². The van der Waals surface area contributed by atoms with E-state index in [2.05, 4.69) is 18.2 Å². The van der Waals surface area contributed by atoms with Crippen LogP contribution in [-0.4, -0.2) is 57.0 Å². The second kappa shape index (κ2) is 14.9. The van der Waals surface area contributed by atoms with Crippen LogP contribution in [0.2, 0.25) is 0 Å². The molecule has 264 valence electrons. The highest BCUT2D eigenvalue weighted by molar-refractivity contribution is 5.84. The number of hydrogen-bond acceptors (Lipinski definition) is 7. The summed E-state index contributed by atoms with van der Waals surface area (Å²) in [6.45, 7) is 8.44. The van der Waals surface area contributed by atoms with Gasteiger partial charge in [-0.1, -0.05) is 72.8 Å². The standard InChI is InChI=1S/C41H44N4O6/c1-41(2,3)51-40(47)43-22-18-31(19-23-43)32-14-15-34-36(26-32)44(33-20-24-48-25-21-33)39(46)45(34)35-16-17-37(49-27-29-10-6-4-7-11-29)42-38(35)50-28-30-12-8-5-9-13-30/h4-18,26,33H,19-25,27-28H2,1-3H3. The predicted octanol–water partition coefficient (Wildman–Crippen LogP) is 7.72. The van der Waals surface area contributed by atoms with Gasteiger partial charge in [-0.15, -0.1) is 0 Å². The van der Waals surface area contributed by atoms with E-state index in [1.165, 1.54) is 0 Å². The minimum absolute atomic E-state index is 0.0247. The van der Waals surface area contributed by atoms with Crippen molar-refractivity contribution in [2.24, 2.45) is 0 Å². The predicted molar refractivity (Wildman–Crippen MR) is 196 cm³/mol. The highest BCUT2D eigenvalue weighted by atomic mass is 16.6. The zero-order valence-corrected chi connectivity index (χ0v) is 29.4. The number of rotatable bonds is 9. The molecule has 0 aliphatic carbocycles. The molecule has 51 heavy (non-hydrogen) atoms. The number of nitrogens with zero attached hydrogens (tertiary/aromatic N) is 4. The van der Waals surface area contributed by atoms with E-state index in [1.807, 2.05) is 98.1 Å². The summed E-state index contributed by atoms with van der Waals surface area (Å²) in [5, 5.41) is 0. The maximum Gasteiger partial charge on any atom is 0.410 e. The van der Waals surface area contributed by atoms with Crippen LogP contribution in [0.15, 0.2) is 102 Å². The van der Waals surface area contributed by atoms with Gasteiger partial charge < -0.3 is 23.8 Å². The second-order valence-corrected chi connectivity index (χ2v) is 14.0. The molecule has 0 unspecified atom stereocenters. The van der Waals surface area contributed by atoms with Gasteiger partial charge in [0, 0.05) is 38.4 Å². The first-order valence-corrected chi connectivity index (χ1v) is 17.6. The van der Waals surface area contributed by atoms with Crippen LogP contribution in [0.4, 0.5) is 4.79 Å². The number of pyridine rings is 1. The normalized spacial score (nSPS) is 15.4. The van der Waals surface area contributed by atoms with Crippen molar-refractivity contribution >= 4 is 22.7 Å². The summed E-state index contributed by atoms with van der Waals surface area (Å²) in [7, 11) is 0. The molecule has 1 saturated heterocycles. The van der Waals surface area contributed by atoms with Gasteiger partial charge in [0.05, 0.1) is 11.0 Å². The molecule has 10 heteroatoms. The van der Waals surface area contributed by atoms with E-state index in [-0.39, 0.29) is 24.4 Å². The molecule has 2 aromatic heterocycles. The molecule has 4 heterocycles. The molecule has 2 aliphatic rings. The third kappa shape index (κ3) is 7.86. The van der Waals surface area contributed by atoms with E-state index < -0.39 is 5.60 Å². The highest BCUT2D eigenvalue weighted by Crippen LogP contribution is 2.33. The third-order valence-corrected chi connectivity index (χ3v) is 9.16. The molecule has 0 spiro atoms. The molecular formula is C41H44N4O6. The van der Waals surface area contributed by atoms with E-state index in [9.17, 15) is 9.59 Å². The van der Waals surface area contributed by atoms with Crippen molar-refractivity contribution in [3.8, 4) is 17.4 Å². The summed E-state index contributed by atoms with van der Waals surface area (Å²) in [6.07, 6.45) is 3.92. The van der Waals surface area contributed by atoms with E-state index in [4.69, 9.17) is 23.9 Å². The Morgan fingerprint density at radius 3 is 2.20 bits per heavy atom. The zero-order chi connectivity index (χ0) is 35.4. The number of ether oxygens (including phenoxy) is 4. The first-order valence-electron chi connectivity index (χ1n) is 17.6. The number of aromatic nitrogens is 3. The van der Waals surface area contributed by atoms with Crippen molar-refractivity contribution in [3.63, 3.8) is 0 Å². The number of fused-ring (bicyclic) bond motifs is 1. The topological polar surface area (TPSA) is 97.1 Å². The van der Waals surface area contributed by atoms with Crippen molar-refractivity contribution in [2.45, 2.75) is 64.9 Å². The monoisotopic (exact) mass is 688 g/mol. The molecule has 0 radical (unpaired) electrons. The molecule has 1 amide bonds. The second-order valence-electron chi connectivity index (χ2n) is 14.0. The van der Waals surface area contributed by atoms with Gasteiger partial charge in [-0.3, -0.25) is 9.13 Å². The molecule has 5 aromatic rings. The first kappa shape index (κ1) is 34.1. The van der Waals surface area contributed by atoms with Gasteiger partial charge in [-0.25, -0.2) is 9.59 Å². The summed E-state index contributed by atoms with van der Waals surface area (Å²) in [5.74, 6) is 0.706. The number of amides is 1. The van der Waals surface area contributed by atoms with Gasteiger partial charge >= 0.3 is 11.8 Å². The Hall–Kier alpha value is -5.35. The highest BCUT2D eigenvalue weighted by Gasteiger charge is 2.27. The van der Waals surface area contributed by atoms with Crippen LogP contribution in [0, 0.1) is 0 Å². The van der Waals surface area contributed by atoms with Gasteiger partial charge in [0.1, 0.15) is 24.5 Å². The maximum absolute atomic E-state index is 14.6. The van der Waals surface area contributed by atoms with Crippen molar-refractivity contribution in [1.29, 1.82) is 0 Å². The molecule has 0 atom stereocenters. The molecule has 0 N–H and O–H groups in total. The first-order chi connectivity index (χ1) is 24.7. The molecule has 0 saturated carbocycles. The van der Waals surface area contributed by atoms with Gasteiger partial charge in [-0.2, -0.15) is 4.98 Å². The number of carbonyl (C=O) groups is 1. The summed E-state index contributed by atoms with van der Waals surface area (Å²) in [5.41, 5.74) is 5.57. The van der Waals surface area contributed by atoms with Gasteiger partial charge in [-0.05, 0) is 80.5 Å². The lowest BCUT2D eigenvalue weighted by molar-refractivity contribution is 0.0270. The summed E-state index contributed by atoms with van der Waals surface area (Å²) in [6, 6.07) is 29.6. The quantitative estimate of drug-likeness (QED) is 0.156. The van der Waals surface area contributed by atoms with Crippen LogP contribution in [-0.2, 0) is 22.7 Å². The van der Waals surface area contributed by atoms with Crippen molar-refractivity contribution < 1.29 is 23.7 Å². The third-order valence-electron chi connectivity index (χ3n) is 9.16. The van der Waals surface area contributed by atoms with Gasteiger partial charge in [0.2, 0.25) is 11.8 Å². The fourth-order valence-electron chi connectivity index (χ4n) is 6.60. The number of benzene rings is 3. The minimum atomic E-state index is -0.551. The maximum atomic E-state index is 14.6. The zero-order valence-electron chi connectivity index (χ0n) is 29.4. The smallest absolute Gasteiger partial charge is 0.410 e. The van der Waals surface area contributed by atoms with Crippen molar-refractivity contribution in [2.75, 3.05) is 26.3 Å². The Morgan fingerprint density at radius 2 is 1.55 bits per heavy atom. The Labute approximate surface area is 297 Å². The summed E-state index contributed by atoms with van der Waals surface area (Å²) < 4.78 is 27.4. The van der Waals surface area contributed by atoms with E-state index in [0.717, 1.165) is 46.1 Å². The van der Waals surface area contributed by atoms with Crippen LogP contribution in [0.1, 0.15) is 62.8 Å². The Balaban J connectivity index is 1.27. The lowest BCUT2D eigenvalue weighted by Crippen LogP contribution is -2.39. The molecule has 10 nitrogen and oxygen atoms in total. The van der Waals surface area contributed by atoms with E-state index in [0.29, 0.717) is 56.8 Å². The minimum Gasteiger partial charge on any atom is -0.473 e. The average Bonchev–Trinajstić information content (AvgIpc) is 3.44. The van der Waals surface area contributed by atoms with Crippen LogP contribution in [0.5, 0.6) is 11.8 Å². The van der Waals surface area contributed by atoms with Crippen molar-refractivity contribution in [1.82, 2.24) is 19.0 Å². The molecule has 0 bridgehead atoms. The van der Waals surface area contributed by atoms with Crippen LogP contribution in [0.25, 0.3) is 22.3 Å². The fourth-order valence-corrected chi connectivity index (χ4v) is 6.60. The lowest BCUT2D eigenvalue weighted by atomic mass is 9.99. The van der Waals surface area contributed by atoms with E-state index in [1.54, 1.807) is 15.5 Å². The van der Waals surface area contributed by atoms with Crippen molar-refractivity contribution in [3.05, 3.63) is 124 Å². The van der Waals surface area contributed by atoms with Crippen LogP contribution >= 0.6 is 0 Å². The van der Waals surface area contributed by atoms with E-state index >= 15 is 0 Å².